The van der Waals surface area contributed by atoms with Gasteiger partial charge in [-0.25, -0.2) is 4.79 Å². The van der Waals surface area contributed by atoms with Crippen molar-refractivity contribution in [1.82, 2.24) is 67.0 Å². The first-order chi connectivity index (χ1) is 45.5. The van der Waals surface area contributed by atoms with Crippen molar-refractivity contribution < 1.29 is 76.6 Å². The Bertz CT molecular complexity index is 2710. The molecule has 1 aliphatic rings. The monoisotopic (exact) mass is 1390 g/mol. The fourth-order valence-electron chi connectivity index (χ4n) is 11.7. The molecule has 0 aromatic rings. The quantitative estimate of drug-likeness (QED) is 0.0807. The van der Waals surface area contributed by atoms with Crippen LogP contribution in [0.1, 0.15) is 176 Å². The normalized spacial score (nSPS) is 24.7. The summed E-state index contributed by atoms with van der Waals surface area (Å²) in [4.78, 5) is 204. The van der Waals surface area contributed by atoms with Crippen molar-refractivity contribution in [3.63, 3.8) is 0 Å². The predicted octanol–water partition coefficient (Wildman–Crippen LogP) is 1.87. The number of nitrogens with one attached hydrogen (secondary N) is 8. The van der Waals surface area contributed by atoms with Crippen molar-refractivity contribution in [3.8, 4) is 0 Å². The van der Waals surface area contributed by atoms with Gasteiger partial charge in [-0.05, 0) is 80.5 Å². The zero-order valence-corrected chi connectivity index (χ0v) is 63.2. The molecule has 0 spiro atoms. The summed E-state index contributed by atoms with van der Waals surface area (Å²) in [5.74, 6) is -12.5. The van der Waals surface area contributed by atoms with Gasteiger partial charge in [-0.1, -0.05) is 124 Å². The van der Waals surface area contributed by atoms with Crippen molar-refractivity contribution >= 4 is 82.8 Å². The van der Waals surface area contributed by atoms with Crippen LogP contribution >= 0.6 is 0 Å². The van der Waals surface area contributed by atoms with Gasteiger partial charge in [0.25, 0.3) is 0 Å². The minimum Gasteiger partial charge on any atom is -0.458 e. The van der Waals surface area contributed by atoms with E-state index in [1.807, 2.05) is 48.5 Å². The second-order valence-electron chi connectivity index (χ2n) is 28.7. The van der Waals surface area contributed by atoms with Gasteiger partial charge in [0, 0.05) is 81.2 Å². The molecule has 8 N–H and O–H groups in total. The first kappa shape index (κ1) is 88.6. The summed E-state index contributed by atoms with van der Waals surface area (Å²) in [6.07, 6.45) is -1.45. The summed E-state index contributed by atoms with van der Waals surface area (Å²) < 4.78 is 11.1. The van der Waals surface area contributed by atoms with Crippen LogP contribution in [0.25, 0.3) is 0 Å². The van der Waals surface area contributed by atoms with Crippen LogP contribution in [0.4, 0.5) is 0 Å². The molecule has 13 atom stereocenters. The molecule has 1 aliphatic heterocycles. The van der Waals surface area contributed by atoms with E-state index in [1.165, 1.54) is 75.8 Å². The third kappa shape index (κ3) is 27.3. The summed E-state index contributed by atoms with van der Waals surface area (Å²) >= 11 is 0. The molecule has 0 radical (unpaired) electrons. The number of likely N-dealkylation sites (N-methyl/N-ethyl adjacent to an activating group) is 5. The number of carbonyl (C=O) groups excluding carboxylic acids is 14. The van der Waals surface area contributed by atoms with Gasteiger partial charge in [0.2, 0.25) is 76.8 Å². The maximum absolute atomic E-state index is 14.8. The Morgan fingerprint density at radius 2 is 1.00 bits per heavy atom. The van der Waals surface area contributed by atoms with Crippen LogP contribution in [0.3, 0.4) is 0 Å². The molecule has 1 saturated heterocycles. The van der Waals surface area contributed by atoms with Crippen LogP contribution in [0.15, 0.2) is 0 Å². The molecule has 1 heterocycles. The fraction of sp³-hybridized carbons (Fsp3) is 0.797. The number of methoxy groups -OCH3 is 1. The molecule has 13 amide bonds. The van der Waals surface area contributed by atoms with Gasteiger partial charge in [0.05, 0.1) is 0 Å². The lowest BCUT2D eigenvalue weighted by Gasteiger charge is -2.37. The van der Waals surface area contributed by atoms with Gasteiger partial charge in [0.1, 0.15) is 73.1 Å². The number of nitrogens with zero attached hydrogens (tertiary/aromatic N) is 5. The highest BCUT2D eigenvalue weighted by Gasteiger charge is 2.43. The van der Waals surface area contributed by atoms with Gasteiger partial charge >= 0.3 is 5.97 Å². The van der Waals surface area contributed by atoms with Gasteiger partial charge in [-0.3, -0.25) is 62.3 Å². The minimum absolute atomic E-state index is 0.0608. The number of rotatable bonds is 20. The van der Waals surface area contributed by atoms with Gasteiger partial charge in [-0.15, -0.1) is 0 Å². The van der Waals surface area contributed by atoms with E-state index in [0.29, 0.717) is 12.8 Å². The molecule has 1 rings (SSSR count). The van der Waals surface area contributed by atoms with E-state index in [4.69, 9.17) is 9.47 Å². The van der Waals surface area contributed by atoms with E-state index in [0.717, 1.165) is 4.90 Å². The molecule has 13 unspecified atom stereocenters. The number of esters is 1. The van der Waals surface area contributed by atoms with Crippen LogP contribution in [-0.2, 0) is 76.6 Å². The third-order valence-electron chi connectivity index (χ3n) is 17.9. The summed E-state index contributed by atoms with van der Waals surface area (Å²) in [5.41, 5.74) is 0. The Morgan fingerprint density at radius 3 is 1.43 bits per heavy atom. The SMILES string of the molecule is CCC(C)C1C(=O)NCCC(=O)NC(C(C)C)C(=O)N(C)C(C(C)C)C(=O)N(C)C(C)C(=O)NCCC(=O)NC(CC(C)C)C(=O)N(C)C(C(C)CC)C(=O)OC(C)C(NC(=O)C(CC(C)C)N(C)C(=O)C(NC(=O)COC)C(C)C)C(=O)NCCC(=O)NC(CC(C)C)C(=O)N1C. The Kier molecular flexibility index (Phi) is 38.4. The van der Waals surface area contributed by atoms with E-state index in [2.05, 4.69) is 42.5 Å². The first-order valence-corrected chi connectivity index (χ1v) is 34.9. The van der Waals surface area contributed by atoms with Crippen molar-refractivity contribution in [2.75, 3.05) is 68.6 Å². The van der Waals surface area contributed by atoms with E-state index >= 15 is 0 Å². The molecule has 0 bridgehead atoms. The van der Waals surface area contributed by atoms with Crippen LogP contribution < -0.4 is 42.5 Å². The van der Waals surface area contributed by atoms with Crippen molar-refractivity contribution in [3.05, 3.63) is 0 Å². The highest BCUT2D eigenvalue weighted by Crippen LogP contribution is 2.23. The third-order valence-corrected chi connectivity index (χ3v) is 17.9. The number of hydrogen-bond donors (Lipinski definition) is 8. The molecule has 1 fully saturated rings. The molecule has 98 heavy (non-hydrogen) atoms. The number of cyclic esters (lactones) is 1. The van der Waals surface area contributed by atoms with Crippen LogP contribution in [0.5, 0.6) is 0 Å². The maximum Gasteiger partial charge on any atom is 0.329 e. The standard InChI is InChI=1S/C69H123N13O16/c1-25-43(15)58-63(90)72-32-29-52(85)75-55(41(11)12)67(94)80(21)57(42(13)14)68(95)78(19)45(17)60(87)70-30-27-50(83)74-48(34-38(5)6)65(92)82(23)59(44(16)26-2)69(96)98-46(18)56(62(89)71-31-28-51(84)73-47(33-37(3)4)64(91)81(58)22)77-61(88)49(35-39(7)8)79(20)66(93)54(40(9)10)76-53(86)36-97-24/h37-49,54-59H,25-36H2,1-24H3,(H,70,87)(H,71,89)(H,72,90)(H,73,84)(H,74,83)(H,75,85)(H,76,86)(H,77,88). The highest BCUT2D eigenvalue weighted by molar-refractivity contribution is 5.97. The number of amides is 13. The van der Waals surface area contributed by atoms with Crippen molar-refractivity contribution in [2.24, 2.45) is 47.3 Å². The lowest BCUT2D eigenvalue weighted by molar-refractivity contribution is -0.163. The molecule has 29 nitrogen and oxygen atoms in total. The fourth-order valence-corrected chi connectivity index (χ4v) is 11.7. The van der Waals surface area contributed by atoms with Crippen LogP contribution in [0, 0.1) is 47.3 Å². The second kappa shape index (κ2) is 42.5. The van der Waals surface area contributed by atoms with E-state index in [1.54, 1.807) is 62.3 Å². The lowest BCUT2D eigenvalue weighted by Crippen LogP contribution is -2.61. The highest BCUT2D eigenvalue weighted by atomic mass is 16.5. The minimum atomic E-state index is -1.73. The van der Waals surface area contributed by atoms with E-state index in [9.17, 15) is 67.1 Å². The molecular weight excluding hydrogens is 1270 g/mol. The Labute approximate surface area is 582 Å². The van der Waals surface area contributed by atoms with Crippen molar-refractivity contribution in [1.29, 1.82) is 0 Å². The van der Waals surface area contributed by atoms with Gasteiger partial charge in [0.15, 0.2) is 0 Å². The Hall–Kier alpha value is -7.46. The van der Waals surface area contributed by atoms with Gasteiger partial charge in [-0.2, -0.15) is 0 Å². The summed E-state index contributed by atoms with van der Waals surface area (Å²) in [5, 5.41) is 21.8. The zero-order chi connectivity index (χ0) is 75.5. The number of ether oxygens (including phenoxy) is 2. The first-order valence-electron chi connectivity index (χ1n) is 34.9. The molecule has 29 heteroatoms. The lowest BCUT2D eigenvalue weighted by atomic mass is 9.95. The summed E-state index contributed by atoms with van der Waals surface area (Å²) in [7, 11) is 8.38. The largest absolute Gasteiger partial charge is 0.458 e. The van der Waals surface area contributed by atoms with Crippen LogP contribution in [0.2, 0.25) is 0 Å². The molecule has 0 aromatic heterocycles. The molecule has 0 saturated carbocycles. The topological polar surface area (TPSA) is 370 Å². The van der Waals surface area contributed by atoms with E-state index in [-0.39, 0.29) is 76.1 Å². The van der Waals surface area contributed by atoms with E-state index < -0.39 is 185 Å². The zero-order valence-electron chi connectivity index (χ0n) is 63.2. The average molecular weight is 1390 g/mol. The Balaban J connectivity index is 4.16. The van der Waals surface area contributed by atoms with Gasteiger partial charge < -0.3 is 76.5 Å². The molecule has 0 aromatic carbocycles. The molecule has 0 aliphatic carbocycles. The average Bonchev–Trinajstić information content (AvgIpc) is 0.840. The summed E-state index contributed by atoms with van der Waals surface area (Å²) in [6, 6.07) is -12.2. The number of carbonyl (C=O) groups is 14. The van der Waals surface area contributed by atoms with Crippen molar-refractivity contribution in [2.45, 2.75) is 243 Å². The van der Waals surface area contributed by atoms with Crippen LogP contribution in [-0.4, -0.2) is 242 Å². The number of hydrogen-bond acceptors (Lipinski definition) is 16. The maximum atomic E-state index is 14.8. The smallest absolute Gasteiger partial charge is 0.329 e. The second-order valence-corrected chi connectivity index (χ2v) is 28.7. The summed E-state index contributed by atoms with van der Waals surface area (Å²) in [6.45, 7) is 30.1. The molecular formula is C69H123N13O16. The predicted molar refractivity (Wildman–Crippen MR) is 370 cm³/mol. The Morgan fingerprint density at radius 1 is 0.561 bits per heavy atom. The molecule has 560 valence electrons.